The minimum Gasteiger partial charge on any atom is -0.320 e. The van der Waals surface area contributed by atoms with Crippen LogP contribution in [0.15, 0.2) is 17.8 Å². The van der Waals surface area contributed by atoms with Crippen molar-refractivity contribution < 1.29 is 4.79 Å². The average molecular weight is 143 g/mol. The van der Waals surface area contributed by atoms with E-state index in [0.717, 1.165) is 6.08 Å². The van der Waals surface area contributed by atoms with Gasteiger partial charge >= 0.3 is 0 Å². The molecule has 0 saturated carbocycles. The molecule has 0 unspecified atom stereocenters. The highest BCUT2D eigenvalue weighted by atomic mass is 16.1. The van der Waals surface area contributed by atoms with Crippen LogP contribution in [0.2, 0.25) is 0 Å². The summed E-state index contributed by atoms with van der Waals surface area (Å²) in [4.78, 5) is 10.5. The summed E-state index contributed by atoms with van der Waals surface area (Å²) in [6.45, 7) is 3.21. The molecule has 6 nitrogen and oxygen atoms in total. The predicted molar refractivity (Wildman–Crippen MR) is 37.3 cm³/mol. The van der Waals surface area contributed by atoms with Crippen LogP contribution >= 0.6 is 0 Å². The van der Waals surface area contributed by atoms with Crippen molar-refractivity contribution in [2.24, 2.45) is 16.8 Å². The highest BCUT2D eigenvalue weighted by molar-refractivity contribution is 6.01. The zero-order chi connectivity index (χ0) is 7.98. The number of nitrogens with one attached hydrogen (secondary N) is 2. The van der Waals surface area contributed by atoms with Crippen LogP contribution in [-0.2, 0) is 4.79 Å². The van der Waals surface area contributed by atoms with Crippen LogP contribution in [-0.4, -0.2) is 11.9 Å². The Kier molecular flexibility index (Phi) is 3.66. The van der Waals surface area contributed by atoms with Crippen LogP contribution in [0.25, 0.3) is 0 Å². The highest BCUT2D eigenvalue weighted by Crippen LogP contribution is 1.65. The molecule has 0 aromatic carbocycles. The van der Waals surface area contributed by atoms with E-state index in [1.165, 1.54) is 0 Å². The predicted octanol–water partition coefficient (Wildman–Crippen LogP) is -2.02. The van der Waals surface area contributed by atoms with Gasteiger partial charge in [0.25, 0.3) is 0 Å². The first-order chi connectivity index (χ1) is 4.74. The second-order valence-electron chi connectivity index (χ2n) is 1.32. The summed E-state index contributed by atoms with van der Waals surface area (Å²) < 4.78 is 0. The smallest absolute Gasteiger partial charge is 0.250 e. The molecule has 1 amide bonds. The molecule has 0 spiro atoms. The van der Waals surface area contributed by atoms with Gasteiger partial charge in [-0.05, 0) is 6.08 Å². The number of carbonyl (C=O) groups is 1. The first kappa shape index (κ1) is 8.44. The minimum absolute atomic E-state index is 0.00935. The van der Waals surface area contributed by atoms with Crippen molar-refractivity contribution in [3.05, 3.63) is 12.7 Å². The quantitative estimate of drug-likeness (QED) is 0.112. The van der Waals surface area contributed by atoms with Gasteiger partial charge in [-0.1, -0.05) is 6.58 Å². The summed E-state index contributed by atoms with van der Waals surface area (Å²) in [5.74, 6) is 9.22. The van der Waals surface area contributed by atoms with Gasteiger partial charge in [-0.3, -0.25) is 15.5 Å². The number of nitrogens with zero attached hydrogens (tertiary/aromatic N) is 1. The summed E-state index contributed by atoms with van der Waals surface area (Å²) in [6.07, 6.45) is 1.07. The molecule has 0 aromatic heterocycles. The van der Waals surface area contributed by atoms with Crippen LogP contribution in [0.5, 0.6) is 0 Å². The SMILES string of the molecule is C=CC(=O)N/C(=N/N)NN. The molecule has 0 radical (unpaired) electrons. The Hall–Kier alpha value is -1.56. The van der Waals surface area contributed by atoms with E-state index in [4.69, 9.17) is 11.7 Å². The van der Waals surface area contributed by atoms with Crippen LogP contribution in [0, 0.1) is 0 Å². The fraction of sp³-hybridized carbons (Fsp3) is 0. The Morgan fingerprint density at radius 2 is 2.30 bits per heavy atom. The standard InChI is InChI=1S/C4H9N5O/c1-2-3(10)7-4(8-5)9-6/h2H,1,5-6H2,(H2,7,8,9,10). The van der Waals surface area contributed by atoms with Gasteiger partial charge in [0.2, 0.25) is 11.9 Å². The molecule has 6 heteroatoms. The number of hydrazone groups is 1. The van der Waals surface area contributed by atoms with Gasteiger partial charge < -0.3 is 5.84 Å². The Morgan fingerprint density at radius 1 is 1.70 bits per heavy atom. The molecule has 56 valence electrons. The van der Waals surface area contributed by atoms with Gasteiger partial charge in [-0.2, -0.15) is 0 Å². The molecule has 6 N–H and O–H groups in total. The van der Waals surface area contributed by atoms with E-state index in [9.17, 15) is 4.79 Å². The molecule has 0 saturated heterocycles. The molecule has 0 fully saturated rings. The number of nitrogens with two attached hydrogens (primary N) is 2. The van der Waals surface area contributed by atoms with Gasteiger partial charge in [0.1, 0.15) is 0 Å². The number of carbonyl (C=O) groups excluding carboxylic acids is 1. The molecular weight excluding hydrogens is 134 g/mol. The molecule has 0 atom stereocenters. The maximum absolute atomic E-state index is 10.5. The number of guanidine groups is 1. The lowest BCUT2D eigenvalue weighted by Gasteiger charge is -2.01. The molecule has 0 aliphatic carbocycles. The lowest BCUT2D eigenvalue weighted by Crippen LogP contribution is -2.44. The first-order valence-electron chi connectivity index (χ1n) is 2.42. The van der Waals surface area contributed by atoms with Crippen LogP contribution in [0.3, 0.4) is 0 Å². The van der Waals surface area contributed by atoms with Crippen molar-refractivity contribution in [1.29, 1.82) is 0 Å². The summed E-state index contributed by atoms with van der Waals surface area (Å²) in [5.41, 5.74) is 2.06. The summed E-state index contributed by atoms with van der Waals surface area (Å²) >= 11 is 0. The Morgan fingerprint density at radius 3 is 2.60 bits per heavy atom. The second kappa shape index (κ2) is 4.33. The van der Waals surface area contributed by atoms with Crippen molar-refractivity contribution in [2.45, 2.75) is 0 Å². The average Bonchev–Trinajstić information content (AvgIpc) is 1.99. The van der Waals surface area contributed by atoms with E-state index in [-0.39, 0.29) is 5.96 Å². The molecule has 0 aliphatic heterocycles. The Labute approximate surface area is 57.9 Å². The van der Waals surface area contributed by atoms with Crippen molar-refractivity contribution in [1.82, 2.24) is 10.7 Å². The van der Waals surface area contributed by atoms with E-state index in [2.05, 4.69) is 22.4 Å². The van der Waals surface area contributed by atoms with Crippen LogP contribution in [0.1, 0.15) is 0 Å². The summed E-state index contributed by atoms with van der Waals surface area (Å²) in [6, 6.07) is 0. The minimum atomic E-state index is -0.429. The van der Waals surface area contributed by atoms with Crippen LogP contribution in [0.4, 0.5) is 0 Å². The number of amides is 1. The van der Waals surface area contributed by atoms with Crippen molar-refractivity contribution in [2.75, 3.05) is 0 Å². The Bertz CT molecular complexity index is 163. The van der Waals surface area contributed by atoms with Crippen molar-refractivity contribution in [3.8, 4) is 0 Å². The third kappa shape index (κ3) is 2.68. The van der Waals surface area contributed by atoms with Crippen molar-refractivity contribution in [3.63, 3.8) is 0 Å². The van der Waals surface area contributed by atoms with Gasteiger partial charge in [0.05, 0.1) is 0 Å². The first-order valence-corrected chi connectivity index (χ1v) is 2.42. The second-order valence-corrected chi connectivity index (χ2v) is 1.32. The molecule has 10 heavy (non-hydrogen) atoms. The van der Waals surface area contributed by atoms with Gasteiger partial charge in [0.15, 0.2) is 0 Å². The normalized spacial score (nSPS) is 10.3. The molecule has 0 rings (SSSR count). The van der Waals surface area contributed by atoms with E-state index in [1.807, 2.05) is 0 Å². The molecule has 0 aromatic rings. The molecule has 0 bridgehead atoms. The molecular formula is C4H9N5O. The number of hydrazine groups is 1. The summed E-state index contributed by atoms with van der Waals surface area (Å²) in [5, 5.41) is 5.29. The third-order valence-corrected chi connectivity index (χ3v) is 0.693. The third-order valence-electron chi connectivity index (χ3n) is 0.693. The maximum atomic E-state index is 10.5. The van der Waals surface area contributed by atoms with E-state index < -0.39 is 5.91 Å². The maximum Gasteiger partial charge on any atom is 0.250 e. The van der Waals surface area contributed by atoms with E-state index in [0.29, 0.717) is 0 Å². The lowest BCUT2D eigenvalue weighted by molar-refractivity contribution is -0.115. The number of hydrogen-bond donors (Lipinski definition) is 4. The lowest BCUT2D eigenvalue weighted by atomic mass is 10.6. The highest BCUT2D eigenvalue weighted by Gasteiger charge is 1.97. The Balaban J connectivity index is 3.87. The largest absolute Gasteiger partial charge is 0.320 e. The fourth-order valence-corrected chi connectivity index (χ4v) is 0.273. The molecule has 0 heterocycles. The monoisotopic (exact) mass is 143 g/mol. The van der Waals surface area contributed by atoms with Gasteiger partial charge in [-0.15, -0.1) is 5.10 Å². The number of rotatable bonds is 1. The zero-order valence-corrected chi connectivity index (χ0v) is 5.29. The van der Waals surface area contributed by atoms with E-state index >= 15 is 0 Å². The van der Waals surface area contributed by atoms with Gasteiger partial charge in [0, 0.05) is 0 Å². The van der Waals surface area contributed by atoms with Crippen molar-refractivity contribution >= 4 is 11.9 Å². The summed E-state index contributed by atoms with van der Waals surface area (Å²) in [7, 11) is 0. The zero-order valence-electron chi connectivity index (χ0n) is 5.29. The fourth-order valence-electron chi connectivity index (χ4n) is 0.273. The van der Waals surface area contributed by atoms with E-state index in [1.54, 1.807) is 0 Å². The van der Waals surface area contributed by atoms with Crippen LogP contribution < -0.4 is 22.4 Å². The van der Waals surface area contributed by atoms with Gasteiger partial charge in [-0.25, -0.2) is 5.84 Å². The number of hydrogen-bond acceptors (Lipinski definition) is 4. The molecule has 0 aliphatic rings. The topological polar surface area (TPSA) is 106 Å².